The number of fused-ring (bicyclic) bond motifs is 1. The van der Waals surface area contributed by atoms with Crippen LogP contribution in [0.2, 0.25) is 0 Å². The maximum atomic E-state index is 12.9. The average Bonchev–Trinajstić information content (AvgIpc) is 3.40. The lowest BCUT2D eigenvalue weighted by molar-refractivity contribution is -0.125. The summed E-state index contributed by atoms with van der Waals surface area (Å²) in [6, 6.07) is 0.461. The third-order valence-electron chi connectivity index (χ3n) is 6.11. The van der Waals surface area contributed by atoms with Crippen LogP contribution in [-0.2, 0) is 19.1 Å². The van der Waals surface area contributed by atoms with Crippen LogP contribution in [0.5, 0.6) is 0 Å². The van der Waals surface area contributed by atoms with Crippen LogP contribution < -0.4 is 21.3 Å². The number of carbonyl (C=O) groups is 3. The lowest BCUT2D eigenvalue weighted by atomic mass is 10.0. The van der Waals surface area contributed by atoms with Crippen molar-refractivity contribution in [1.29, 1.82) is 0 Å². The van der Waals surface area contributed by atoms with Gasteiger partial charge in [-0.3, -0.25) is 30.4 Å². The zero-order valence-corrected chi connectivity index (χ0v) is 19.3. The number of piperidine rings is 1. The minimum absolute atomic E-state index is 0.109. The van der Waals surface area contributed by atoms with Gasteiger partial charge in [0, 0.05) is 30.9 Å². The molecule has 4 fully saturated rings. The van der Waals surface area contributed by atoms with Crippen molar-refractivity contribution < 1.29 is 23.9 Å². The van der Waals surface area contributed by atoms with Gasteiger partial charge < -0.3 is 14.8 Å². The van der Waals surface area contributed by atoms with E-state index >= 15 is 0 Å². The molecule has 0 aliphatic carbocycles. The number of nitrogens with one attached hydrogen (secondary N) is 4. The lowest BCUT2D eigenvalue weighted by Gasteiger charge is -2.40. The molecular formula is C19H31N5O5S2. The molecule has 0 aromatic rings. The normalized spacial score (nSPS) is 35.9. The van der Waals surface area contributed by atoms with Crippen molar-refractivity contribution in [3.05, 3.63) is 0 Å². The van der Waals surface area contributed by atoms with Crippen LogP contribution in [-0.4, -0.2) is 96.2 Å². The monoisotopic (exact) mass is 473 g/mol. The van der Waals surface area contributed by atoms with E-state index in [9.17, 15) is 14.4 Å². The van der Waals surface area contributed by atoms with Crippen molar-refractivity contribution in [3.63, 3.8) is 0 Å². The molecule has 4 saturated heterocycles. The summed E-state index contributed by atoms with van der Waals surface area (Å²) in [7, 11) is 0. The number of imide groups is 1. The van der Waals surface area contributed by atoms with Crippen LogP contribution in [0.25, 0.3) is 0 Å². The number of morpholine rings is 1. The first kappa shape index (κ1) is 23.1. The van der Waals surface area contributed by atoms with Crippen LogP contribution in [0.3, 0.4) is 0 Å². The Morgan fingerprint density at radius 2 is 2.03 bits per heavy atom. The fourth-order valence-corrected chi connectivity index (χ4v) is 7.26. The Morgan fingerprint density at radius 1 is 1.23 bits per heavy atom. The van der Waals surface area contributed by atoms with Crippen molar-refractivity contribution >= 4 is 41.4 Å². The number of alkyl carbamates (subject to hydrolysis) is 1. The summed E-state index contributed by atoms with van der Waals surface area (Å²) in [6.07, 6.45) is 1.01. The van der Waals surface area contributed by atoms with E-state index in [4.69, 9.17) is 9.47 Å². The molecule has 6 unspecified atom stereocenters. The minimum atomic E-state index is -0.743. The Balaban J connectivity index is 1.27. The second kappa shape index (κ2) is 10.7. The highest BCUT2D eigenvalue weighted by molar-refractivity contribution is 8.01. The van der Waals surface area contributed by atoms with Gasteiger partial charge in [-0.15, -0.1) is 23.5 Å². The number of rotatable bonds is 5. The topological polar surface area (TPSA) is 121 Å². The predicted octanol–water partition coefficient (Wildman–Crippen LogP) is -0.494. The van der Waals surface area contributed by atoms with Crippen molar-refractivity contribution in [3.8, 4) is 0 Å². The summed E-state index contributed by atoms with van der Waals surface area (Å²) >= 11 is 3.19. The standard InChI is InChI=1S/C19H31N5O5S2/c1-2-29-19(27)23-15(25)12-3-8-30-17(12)22-16(26)18-21-14-13(31-18)9-11(10-20-14)24-4-6-28-7-5-24/h11-14,17-18,20-21H,2-10H2,1H3,(H,22,26)(H,23,25,27). The number of thioether (sulfide) groups is 2. The molecule has 0 saturated carbocycles. The Labute approximate surface area is 190 Å². The van der Waals surface area contributed by atoms with Gasteiger partial charge in [-0.05, 0) is 25.5 Å². The van der Waals surface area contributed by atoms with Crippen molar-refractivity contribution in [2.45, 2.75) is 48.0 Å². The van der Waals surface area contributed by atoms with Crippen LogP contribution in [0, 0.1) is 5.92 Å². The van der Waals surface area contributed by atoms with Gasteiger partial charge in [0.15, 0.2) is 0 Å². The number of carbonyl (C=O) groups excluding carboxylic acids is 3. The molecule has 4 heterocycles. The molecule has 4 aliphatic rings. The van der Waals surface area contributed by atoms with E-state index in [1.165, 1.54) is 11.8 Å². The average molecular weight is 474 g/mol. The Kier molecular flexibility index (Phi) is 7.99. The van der Waals surface area contributed by atoms with Crippen LogP contribution in [0.1, 0.15) is 19.8 Å². The Morgan fingerprint density at radius 3 is 2.81 bits per heavy atom. The summed E-state index contributed by atoms with van der Waals surface area (Å²) in [5, 5.41) is 11.8. The number of hydrogen-bond donors (Lipinski definition) is 4. The molecule has 4 rings (SSSR count). The summed E-state index contributed by atoms with van der Waals surface area (Å²) < 4.78 is 10.2. The summed E-state index contributed by atoms with van der Waals surface area (Å²) in [4.78, 5) is 39.4. The Bertz CT molecular complexity index is 680. The molecule has 0 radical (unpaired) electrons. The van der Waals surface area contributed by atoms with Gasteiger partial charge in [0.2, 0.25) is 11.8 Å². The van der Waals surface area contributed by atoms with E-state index in [0.29, 0.717) is 17.7 Å². The van der Waals surface area contributed by atoms with E-state index in [-0.39, 0.29) is 29.4 Å². The summed E-state index contributed by atoms with van der Waals surface area (Å²) in [6.45, 7) is 6.26. The van der Waals surface area contributed by atoms with E-state index in [1.54, 1.807) is 18.7 Å². The highest BCUT2D eigenvalue weighted by atomic mass is 32.2. The van der Waals surface area contributed by atoms with Gasteiger partial charge in [-0.25, -0.2) is 4.79 Å². The van der Waals surface area contributed by atoms with Crippen molar-refractivity contribution in [2.24, 2.45) is 5.92 Å². The first-order valence-corrected chi connectivity index (χ1v) is 12.9. The highest BCUT2D eigenvalue weighted by Gasteiger charge is 2.44. The van der Waals surface area contributed by atoms with E-state index in [1.807, 2.05) is 0 Å². The fourth-order valence-electron chi connectivity index (χ4n) is 4.49. The number of hydrogen-bond acceptors (Lipinski definition) is 10. The third-order valence-corrected chi connectivity index (χ3v) is 8.82. The molecule has 4 N–H and O–H groups in total. The molecule has 0 bridgehead atoms. The molecule has 0 aromatic carbocycles. The molecule has 4 aliphatic heterocycles. The molecule has 0 aromatic heterocycles. The molecule has 174 valence electrons. The predicted molar refractivity (Wildman–Crippen MR) is 119 cm³/mol. The Hall–Kier alpha value is -1.05. The molecule has 10 nitrogen and oxygen atoms in total. The minimum Gasteiger partial charge on any atom is -0.450 e. The number of ether oxygens (including phenoxy) is 2. The number of amides is 3. The van der Waals surface area contributed by atoms with Crippen LogP contribution in [0.15, 0.2) is 0 Å². The van der Waals surface area contributed by atoms with E-state index in [2.05, 4.69) is 26.2 Å². The molecular weight excluding hydrogens is 442 g/mol. The SMILES string of the molecule is CCOC(=O)NC(=O)C1CCSC1NC(=O)C1NC2NCC(N3CCOCC3)CC2S1. The molecule has 12 heteroatoms. The maximum absolute atomic E-state index is 12.9. The zero-order valence-electron chi connectivity index (χ0n) is 17.6. The van der Waals surface area contributed by atoms with Crippen molar-refractivity contribution in [1.82, 2.24) is 26.2 Å². The van der Waals surface area contributed by atoms with Gasteiger partial charge in [0.1, 0.15) is 5.37 Å². The summed E-state index contributed by atoms with van der Waals surface area (Å²) in [5.74, 6) is -0.205. The van der Waals surface area contributed by atoms with Gasteiger partial charge in [0.25, 0.3) is 0 Å². The van der Waals surface area contributed by atoms with Crippen LogP contribution in [0.4, 0.5) is 4.79 Å². The quantitative estimate of drug-likeness (QED) is 0.416. The lowest BCUT2D eigenvalue weighted by Crippen LogP contribution is -2.59. The number of nitrogens with zero attached hydrogens (tertiary/aromatic N) is 1. The second-order valence-corrected chi connectivity index (χ2v) is 10.6. The highest BCUT2D eigenvalue weighted by Crippen LogP contribution is 2.35. The van der Waals surface area contributed by atoms with Crippen molar-refractivity contribution in [2.75, 3.05) is 45.2 Å². The van der Waals surface area contributed by atoms with Crippen LogP contribution >= 0.6 is 23.5 Å². The van der Waals surface area contributed by atoms with Gasteiger partial charge in [-0.2, -0.15) is 0 Å². The van der Waals surface area contributed by atoms with Gasteiger partial charge in [-0.1, -0.05) is 0 Å². The molecule has 3 amide bonds. The summed E-state index contributed by atoms with van der Waals surface area (Å²) in [5.41, 5.74) is 0. The first-order valence-electron chi connectivity index (χ1n) is 10.9. The third kappa shape index (κ3) is 5.66. The van der Waals surface area contributed by atoms with Gasteiger partial charge >= 0.3 is 6.09 Å². The fraction of sp³-hybridized carbons (Fsp3) is 0.842. The van der Waals surface area contributed by atoms with E-state index in [0.717, 1.165) is 45.0 Å². The first-order chi connectivity index (χ1) is 15.0. The zero-order chi connectivity index (χ0) is 21.8. The van der Waals surface area contributed by atoms with Gasteiger partial charge in [0.05, 0.1) is 37.3 Å². The molecule has 6 atom stereocenters. The largest absolute Gasteiger partial charge is 0.450 e. The van der Waals surface area contributed by atoms with E-state index < -0.39 is 17.9 Å². The molecule has 31 heavy (non-hydrogen) atoms. The molecule has 0 spiro atoms. The second-order valence-electron chi connectivity index (χ2n) is 8.05. The maximum Gasteiger partial charge on any atom is 0.413 e. The smallest absolute Gasteiger partial charge is 0.413 e.